The number of hydrogen-bond donors (Lipinski definition) is 2. The summed E-state index contributed by atoms with van der Waals surface area (Å²) in [5, 5.41) is 13.4. The number of carboxylic acids is 1. The molecule has 0 aliphatic rings. The number of amides is 1. The maximum Gasteiger partial charge on any atom is 0.326 e. The van der Waals surface area contributed by atoms with E-state index in [1.807, 2.05) is 24.3 Å². The van der Waals surface area contributed by atoms with Crippen LogP contribution in [0.1, 0.15) is 31.3 Å². The molecular formula is C16H18N2O3. The van der Waals surface area contributed by atoms with Gasteiger partial charge in [-0.3, -0.25) is 9.78 Å². The molecule has 5 heteroatoms. The van der Waals surface area contributed by atoms with Gasteiger partial charge in [0.15, 0.2) is 0 Å². The summed E-state index contributed by atoms with van der Waals surface area (Å²) >= 11 is 0. The van der Waals surface area contributed by atoms with E-state index in [1.165, 1.54) is 0 Å². The molecule has 0 aliphatic heterocycles. The van der Waals surface area contributed by atoms with Crippen LogP contribution in [0.25, 0.3) is 10.8 Å². The van der Waals surface area contributed by atoms with Gasteiger partial charge in [-0.1, -0.05) is 45.0 Å². The quantitative estimate of drug-likeness (QED) is 0.908. The van der Waals surface area contributed by atoms with Crippen molar-refractivity contribution in [2.45, 2.75) is 26.8 Å². The summed E-state index contributed by atoms with van der Waals surface area (Å²) in [6.45, 7) is 5.30. The Balaban J connectivity index is 2.37. The van der Waals surface area contributed by atoms with Crippen LogP contribution in [0.15, 0.2) is 36.5 Å². The molecule has 1 unspecified atom stereocenters. The summed E-state index contributed by atoms with van der Waals surface area (Å²) < 4.78 is 0. The van der Waals surface area contributed by atoms with Crippen LogP contribution in [0.4, 0.5) is 0 Å². The summed E-state index contributed by atoms with van der Waals surface area (Å²) in [5.41, 5.74) is -0.352. The Morgan fingerprint density at radius 2 is 1.86 bits per heavy atom. The highest BCUT2D eigenvalue weighted by Gasteiger charge is 2.33. The first kappa shape index (κ1) is 15.0. The number of pyridine rings is 1. The van der Waals surface area contributed by atoms with Crippen LogP contribution in [-0.4, -0.2) is 28.0 Å². The molecule has 0 spiro atoms. The lowest BCUT2D eigenvalue weighted by molar-refractivity contribution is -0.142. The largest absolute Gasteiger partial charge is 0.480 e. The molecule has 1 aromatic carbocycles. The van der Waals surface area contributed by atoms with E-state index in [-0.39, 0.29) is 5.69 Å². The molecule has 2 N–H and O–H groups in total. The highest BCUT2D eigenvalue weighted by molar-refractivity contribution is 6.06. The number of carboxylic acid groups (broad SMARTS) is 1. The first-order valence-corrected chi connectivity index (χ1v) is 6.68. The van der Waals surface area contributed by atoms with Gasteiger partial charge in [0, 0.05) is 11.6 Å². The Morgan fingerprint density at radius 1 is 1.19 bits per heavy atom. The second kappa shape index (κ2) is 5.52. The van der Waals surface area contributed by atoms with Crippen LogP contribution in [0.3, 0.4) is 0 Å². The number of rotatable bonds is 3. The number of nitrogens with one attached hydrogen (secondary N) is 1. The molecule has 0 saturated carbocycles. The molecule has 110 valence electrons. The third-order valence-electron chi connectivity index (χ3n) is 3.28. The zero-order chi connectivity index (χ0) is 15.6. The molecule has 0 saturated heterocycles. The molecule has 1 heterocycles. The molecule has 0 bridgehead atoms. The van der Waals surface area contributed by atoms with E-state index in [0.29, 0.717) is 5.39 Å². The number of nitrogens with zero attached hydrogens (tertiary/aromatic N) is 1. The van der Waals surface area contributed by atoms with Gasteiger partial charge >= 0.3 is 5.97 Å². The number of carbonyl (C=O) groups is 2. The third kappa shape index (κ3) is 3.18. The average molecular weight is 286 g/mol. The van der Waals surface area contributed by atoms with Crippen molar-refractivity contribution in [1.82, 2.24) is 10.3 Å². The number of hydrogen-bond acceptors (Lipinski definition) is 3. The Bertz CT molecular complexity index is 684. The maximum absolute atomic E-state index is 12.4. The smallest absolute Gasteiger partial charge is 0.326 e. The molecule has 21 heavy (non-hydrogen) atoms. The number of aromatic nitrogens is 1. The van der Waals surface area contributed by atoms with Crippen molar-refractivity contribution < 1.29 is 14.7 Å². The lowest BCUT2D eigenvalue weighted by atomic mass is 9.86. The highest BCUT2D eigenvalue weighted by atomic mass is 16.4. The summed E-state index contributed by atoms with van der Waals surface area (Å²) in [5.74, 6) is -1.54. The van der Waals surface area contributed by atoms with Crippen LogP contribution in [0.5, 0.6) is 0 Å². The van der Waals surface area contributed by atoms with E-state index in [4.69, 9.17) is 0 Å². The van der Waals surface area contributed by atoms with Gasteiger partial charge in [-0.15, -0.1) is 0 Å². The molecule has 1 amide bonds. The monoisotopic (exact) mass is 286 g/mol. The van der Waals surface area contributed by atoms with Gasteiger partial charge in [0.25, 0.3) is 5.91 Å². The van der Waals surface area contributed by atoms with Crippen LogP contribution < -0.4 is 5.32 Å². The van der Waals surface area contributed by atoms with Crippen molar-refractivity contribution in [2.75, 3.05) is 0 Å². The van der Waals surface area contributed by atoms with E-state index in [2.05, 4.69) is 10.3 Å². The summed E-state index contributed by atoms with van der Waals surface area (Å²) in [6.07, 6.45) is 1.55. The Hall–Kier alpha value is -2.43. The SMILES string of the molecule is CC(C)(C)C(NC(=O)c1nccc2ccccc12)C(=O)O. The number of benzene rings is 1. The molecule has 2 rings (SSSR count). The molecule has 2 aromatic rings. The Kier molecular flexibility index (Phi) is 3.93. The fourth-order valence-corrected chi connectivity index (χ4v) is 2.15. The molecule has 0 fully saturated rings. The van der Waals surface area contributed by atoms with Crippen LogP contribution in [0, 0.1) is 5.41 Å². The van der Waals surface area contributed by atoms with Crippen molar-refractivity contribution in [2.24, 2.45) is 5.41 Å². The first-order valence-electron chi connectivity index (χ1n) is 6.68. The van der Waals surface area contributed by atoms with Crippen molar-refractivity contribution in [3.8, 4) is 0 Å². The second-order valence-corrected chi connectivity index (χ2v) is 5.99. The predicted molar refractivity (Wildman–Crippen MR) is 80.1 cm³/mol. The van der Waals surface area contributed by atoms with E-state index >= 15 is 0 Å². The molecular weight excluding hydrogens is 268 g/mol. The van der Waals surface area contributed by atoms with Gasteiger partial charge in [0.05, 0.1) is 0 Å². The highest BCUT2D eigenvalue weighted by Crippen LogP contribution is 2.21. The standard InChI is InChI=1S/C16H18N2O3/c1-16(2,3)13(15(20)21)18-14(19)12-11-7-5-4-6-10(11)8-9-17-12/h4-9,13H,1-3H3,(H,18,19)(H,20,21). The van der Waals surface area contributed by atoms with Gasteiger partial charge in [-0.2, -0.15) is 0 Å². The van der Waals surface area contributed by atoms with Gasteiger partial charge in [-0.05, 0) is 16.9 Å². The van der Waals surface area contributed by atoms with Crippen molar-refractivity contribution in [3.63, 3.8) is 0 Å². The fraction of sp³-hybridized carbons (Fsp3) is 0.312. The molecule has 0 aliphatic carbocycles. The molecule has 5 nitrogen and oxygen atoms in total. The molecule has 0 radical (unpaired) electrons. The average Bonchev–Trinajstić information content (AvgIpc) is 2.42. The van der Waals surface area contributed by atoms with Crippen LogP contribution in [0.2, 0.25) is 0 Å². The van der Waals surface area contributed by atoms with E-state index in [0.717, 1.165) is 5.39 Å². The van der Waals surface area contributed by atoms with Crippen molar-refractivity contribution in [1.29, 1.82) is 0 Å². The van der Waals surface area contributed by atoms with E-state index in [9.17, 15) is 14.7 Å². The van der Waals surface area contributed by atoms with Crippen LogP contribution in [-0.2, 0) is 4.79 Å². The van der Waals surface area contributed by atoms with Gasteiger partial charge in [0.2, 0.25) is 0 Å². The number of fused-ring (bicyclic) bond motifs is 1. The van der Waals surface area contributed by atoms with Crippen LogP contribution >= 0.6 is 0 Å². The summed E-state index contributed by atoms with van der Waals surface area (Å²) in [7, 11) is 0. The third-order valence-corrected chi connectivity index (χ3v) is 3.28. The maximum atomic E-state index is 12.4. The fourth-order valence-electron chi connectivity index (χ4n) is 2.15. The normalized spacial score (nSPS) is 12.9. The summed E-state index contributed by atoms with van der Waals surface area (Å²) in [6, 6.07) is 8.20. The Morgan fingerprint density at radius 3 is 2.48 bits per heavy atom. The Labute approximate surface area is 123 Å². The van der Waals surface area contributed by atoms with E-state index in [1.54, 1.807) is 33.0 Å². The van der Waals surface area contributed by atoms with E-state index < -0.39 is 23.3 Å². The topological polar surface area (TPSA) is 79.3 Å². The minimum atomic E-state index is -1.06. The zero-order valence-corrected chi connectivity index (χ0v) is 12.3. The summed E-state index contributed by atoms with van der Waals surface area (Å²) in [4.78, 5) is 27.8. The second-order valence-electron chi connectivity index (χ2n) is 5.99. The number of aliphatic carboxylic acids is 1. The lowest BCUT2D eigenvalue weighted by Gasteiger charge is -2.27. The lowest BCUT2D eigenvalue weighted by Crippen LogP contribution is -2.49. The first-order chi connectivity index (χ1) is 9.80. The van der Waals surface area contributed by atoms with Crippen molar-refractivity contribution >= 4 is 22.6 Å². The minimum absolute atomic E-state index is 0.239. The zero-order valence-electron chi connectivity index (χ0n) is 12.3. The predicted octanol–water partition coefficient (Wildman–Crippen LogP) is 2.46. The van der Waals surface area contributed by atoms with Gasteiger partial charge in [-0.25, -0.2) is 4.79 Å². The molecule has 1 atom stereocenters. The number of carbonyl (C=O) groups excluding carboxylic acids is 1. The van der Waals surface area contributed by atoms with Gasteiger partial charge < -0.3 is 10.4 Å². The minimum Gasteiger partial charge on any atom is -0.480 e. The van der Waals surface area contributed by atoms with Gasteiger partial charge in [0.1, 0.15) is 11.7 Å². The molecule has 1 aromatic heterocycles. The van der Waals surface area contributed by atoms with Crippen molar-refractivity contribution in [3.05, 3.63) is 42.2 Å².